The second-order valence-corrected chi connectivity index (χ2v) is 5.98. The number of hydrogen-bond acceptors (Lipinski definition) is 5. The number of rotatable bonds is 5. The molecular weight excluding hydrogens is 310 g/mol. The maximum Gasteiger partial charge on any atom is 0.269 e. The van der Waals surface area contributed by atoms with Crippen molar-refractivity contribution in [2.45, 2.75) is 4.90 Å². The lowest BCUT2D eigenvalue weighted by atomic mass is 10.2. The summed E-state index contributed by atoms with van der Waals surface area (Å²) in [5.74, 6) is -0.621. The van der Waals surface area contributed by atoms with Gasteiger partial charge in [-0.1, -0.05) is 0 Å². The monoisotopic (exact) mass is 321 g/mol. The van der Waals surface area contributed by atoms with Gasteiger partial charge in [-0.05, 0) is 36.4 Å². The maximum atomic E-state index is 12.1. The predicted octanol–water partition coefficient (Wildman–Crippen LogP) is 1.49. The highest BCUT2D eigenvalue weighted by Crippen LogP contribution is 2.19. The molecule has 0 saturated heterocycles. The minimum atomic E-state index is -3.88. The summed E-state index contributed by atoms with van der Waals surface area (Å²) in [7, 11) is -3.88. The van der Waals surface area contributed by atoms with Gasteiger partial charge < -0.3 is 5.73 Å². The lowest BCUT2D eigenvalue weighted by Gasteiger charge is -2.08. The van der Waals surface area contributed by atoms with Gasteiger partial charge in [0, 0.05) is 23.4 Å². The van der Waals surface area contributed by atoms with Crippen LogP contribution >= 0.6 is 0 Å². The highest BCUT2D eigenvalue weighted by atomic mass is 32.2. The number of nitro benzene ring substituents is 1. The lowest BCUT2D eigenvalue weighted by Crippen LogP contribution is -2.14. The summed E-state index contributed by atoms with van der Waals surface area (Å²) in [5, 5.41) is 10.5. The van der Waals surface area contributed by atoms with E-state index in [4.69, 9.17) is 5.73 Å². The van der Waals surface area contributed by atoms with Crippen LogP contribution in [-0.2, 0) is 10.0 Å². The molecule has 22 heavy (non-hydrogen) atoms. The van der Waals surface area contributed by atoms with Crippen LogP contribution in [0.4, 0.5) is 11.4 Å². The van der Waals surface area contributed by atoms with Crippen molar-refractivity contribution in [3.05, 3.63) is 64.2 Å². The number of non-ortho nitro benzene ring substituents is 1. The molecule has 9 heteroatoms. The third kappa shape index (κ3) is 3.38. The number of benzene rings is 2. The van der Waals surface area contributed by atoms with E-state index in [2.05, 4.69) is 4.72 Å². The van der Waals surface area contributed by atoms with Gasteiger partial charge in [-0.15, -0.1) is 0 Å². The standard InChI is InChI=1S/C13H11N3O5S/c14-13(17)9-1-3-10(4-2-9)15-22(20,21)12-7-5-11(6-8-12)16(18)19/h1-8,15H,(H2,14,17). The van der Waals surface area contributed by atoms with Crippen molar-refractivity contribution in [1.29, 1.82) is 0 Å². The fourth-order valence-electron chi connectivity index (χ4n) is 1.66. The Morgan fingerprint density at radius 1 is 1.05 bits per heavy atom. The van der Waals surface area contributed by atoms with Crippen molar-refractivity contribution in [2.75, 3.05) is 4.72 Å². The summed E-state index contributed by atoms with van der Waals surface area (Å²) in [6, 6.07) is 10.0. The van der Waals surface area contributed by atoms with Crippen molar-refractivity contribution in [3.8, 4) is 0 Å². The summed E-state index contributed by atoms with van der Waals surface area (Å²) >= 11 is 0. The Bertz CT molecular complexity index is 814. The van der Waals surface area contributed by atoms with E-state index in [1.54, 1.807) is 0 Å². The number of sulfonamides is 1. The van der Waals surface area contributed by atoms with Crippen molar-refractivity contribution >= 4 is 27.3 Å². The molecule has 3 N–H and O–H groups in total. The molecule has 0 aliphatic heterocycles. The molecule has 114 valence electrons. The van der Waals surface area contributed by atoms with E-state index in [9.17, 15) is 23.3 Å². The number of nitrogens with zero attached hydrogens (tertiary/aromatic N) is 1. The van der Waals surface area contributed by atoms with Crippen molar-refractivity contribution in [3.63, 3.8) is 0 Å². The number of amides is 1. The van der Waals surface area contributed by atoms with Gasteiger partial charge in [0.25, 0.3) is 15.7 Å². The minimum Gasteiger partial charge on any atom is -0.366 e. The molecule has 0 heterocycles. The molecule has 0 saturated carbocycles. The Kier molecular flexibility index (Phi) is 4.08. The second kappa shape index (κ2) is 5.82. The largest absolute Gasteiger partial charge is 0.366 e. The first-order valence-corrected chi connectivity index (χ1v) is 7.45. The van der Waals surface area contributed by atoms with Crippen LogP contribution in [0.5, 0.6) is 0 Å². The molecule has 2 rings (SSSR count). The minimum absolute atomic E-state index is 0.114. The van der Waals surface area contributed by atoms with Gasteiger partial charge in [-0.25, -0.2) is 8.42 Å². The van der Waals surface area contributed by atoms with Gasteiger partial charge in [0.05, 0.1) is 9.82 Å². The van der Waals surface area contributed by atoms with Crippen LogP contribution in [-0.4, -0.2) is 19.2 Å². The van der Waals surface area contributed by atoms with Crippen LogP contribution in [0.2, 0.25) is 0 Å². The first-order valence-electron chi connectivity index (χ1n) is 5.97. The summed E-state index contributed by atoms with van der Waals surface area (Å²) in [4.78, 5) is 20.7. The van der Waals surface area contributed by atoms with Crippen molar-refractivity contribution in [1.82, 2.24) is 0 Å². The van der Waals surface area contributed by atoms with E-state index in [0.717, 1.165) is 24.3 Å². The van der Waals surface area contributed by atoms with Gasteiger partial charge in [0.15, 0.2) is 0 Å². The number of nitrogens with one attached hydrogen (secondary N) is 1. The first kappa shape index (κ1) is 15.4. The summed E-state index contributed by atoms with van der Waals surface area (Å²) < 4.78 is 26.6. The molecule has 0 atom stereocenters. The SMILES string of the molecule is NC(=O)c1ccc(NS(=O)(=O)c2ccc([N+](=O)[O-])cc2)cc1. The molecule has 0 radical (unpaired) electrons. The Labute approximate surface area is 125 Å². The molecule has 2 aromatic rings. The average molecular weight is 321 g/mol. The number of anilines is 1. The first-order chi connectivity index (χ1) is 10.3. The molecule has 0 bridgehead atoms. The Morgan fingerprint density at radius 3 is 2.05 bits per heavy atom. The zero-order valence-corrected chi connectivity index (χ0v) is 11.9. The van der Waals surface area contributed by atoms with Gasteiger partial charge in [-0.2, -0.15) is 0 Å². The van der Waals surface area contributed by atoms with Crippen LogP contribution in [0.15, 0.2) is 53.4 Å². The molecule has 8 nitrogen and oxygen atoms in total. The van der Waals surface area contributed by atoms with E-state index in [0.29, 0.717) is 0 Å². The summed E-state index contributed by atoms with van der Waals surface area (Å²) in [6.07, 6.45) is 0. The molecule has 2 aromatic carbocycles. The normalized spacial score (nSPS) is 10.9. The van der Waals surface area contributed by atoms with E-state index in [1.165, 1.54) is 24.3 Å². The van der Waals surface area contributed by atoms with Crippen LogP contribution in [0.25, 0.3) is 0 Å². The van der Waals surface area contributed by atoms with Crippen LogP contribution in [0.3, 0.4) is 0 Å². The zero-order valence-electron chi connectivity index (χ0n) is 11.1. The number of primary amides is 1. The molecule has 0 spiro atoms. The molecule has 1 amide bonds. The summed E-state index contributed by atoms with van der Waals surface area (Å²) in [5.41, 5.74) is 5.37. The molecule has 0 aliphatic rings. The van der Waals surface area contributed by atoms with Gasteiger partial charge in [-0.3, -0.25) is 19.6 Å². The summed E-state index contributed by atoms with van der Waals surface area (Å²) in [6.45, 7) is 0. The smallest absolute Gasteiger partial charge is 0.269 e. The Balaban J connectivity index is 2.23. The molecule has 0 aliphatic carbocycles. The molecular formula is C13H11N3O5S. The molecule has 0 fully saturated rings. The van der Waals surface area contributed by atoms with E-state index >= 15 is 0 Å². The van der Waals surface area contributed by atoms with Gasteiger partial charge >= 0.3 is 0 Å². The quantitative estimate of drug-likeness (QED) is 0.636. The van der Waals surface area contributed by atoms with Gasteiger partial charge in [0.1, 0.15) is 0 Å². The Hall–Kier alpha value is -2.94. The third-order valence-electron chi connectivity index (χ3n) is 2.78. The fourth-order valence-corrected chi connectivity index (χ4v) is 2.72. The number of nitrogens with two attached hydrogens (primary N) is 1. The topological polar surface area (TPSA) is 132 Å². The third-order valence-corrected chi connectivity index (χ3v) is 4.18. The zero-order chi connectivity index (χ0) is 16.3. The van der Waals surface area contributed by atoms with Crippen molar-refractivity contribution in [2.24, 2.45) is 5.73 Å². The molecule has 0 aromatic heterocycles. The fraction of sp³-hybridized carbons (Fsp3) is 0. The van der Waals surface area contributed by atoms with Crippen LogP contribution in [0, 0.1) is 10.1 Å². The number of hydrogen-bond donors (Lipinski definition) is 2. The van der Waals surface area contributed by atoms with Crippen LogP contribution < -0.4 is 10.5 Å². The number of carbonyl (C=O) groups excluding carboxylic acids is 1. The predicted molar refractivity (Wildman–Crippen MR) is 78.9 cm³/mol. The lowest BCUT2D eigenvalue weighted by molar-refractivity contribution is -0.384. The van der Waals surface area contributed by atoms with Crippen molar-refractivity contribution < 1.29 is 18.1 Å². The number of carbonyl (C=O) groups is 1. The van der Waals surface area contributed by atoms with E-state index < -0.39 is 20.9 Å². The molecule has 0 unspecified atom stereocenters. The Morgan fingerprint density at radius 2 is 1.59 bits per heavy atom. The number of nitro groups is 1. The second-order valence-electron chi connectivity index (χ2n) is 4.30. The average Bonchev–Trinajstić information content (AvgIpc) is 2.47. The van der Waals surface area contributed by atoms with E-state index in [-0.39, 0.29) is 21.8 Å². The van der Waals surface area contributed by atoms with Gasteiger partial charge in [0.2, 0.25) is 5.91 Å². The highest BCUT2D eigenvalue weighted by Gasteiger charge is 2.16. The van der Waals surface area contributed by atoms with Crippen LogP contribution in [0.1, 0.15) is 10.4 Å². The van der Waals surface area contributed by atoms with E-state index in [1.807, 2.05) is 0 Å². The maximum absolute atomic E-state index is 12.1. The highest BCUT2D eigenvalue weighted by molar-refractivity contribution is 7.92.